The monoisotopic (exact) mass is 591 g/mol. The van der Waals surface area contributed by atoms with E-state index in [1.54, 1.807) is 0 Å². The largest absolute Gasteiger partial charge is 0.368 e. The summed E-state index contributed by atoms with van der Waals surface area (Å²) < 4.78 is 0. The van der Waals surface area contributed by atoms with Crippen LogP contribution in [0.2, 0.25) is 5.02 Å². The van der Waals surface area contributed by atoms with Crippen molar-refractivity contribution in [1.82, 2.24) is 30.2 Å². The first kappa shape index (κ1) is 28.8. The van der Waals surface area contributed by atoms with Crippen molar-refractivity contribution < 1.29 is 9.59 Å². The summed E-state index contributed by atoms with van der Waals surface area (Å²) >= 11 is 6.20. The Bertz CT molecular complexity index is 1390. The molecule has 0 saturated carbocycles. The van der Waals surface area contributed by atoms with Crippen LogP contribution in [0.3, 0.4) is 0 Å². The zero-order valence-electron chi connectivity index (χ0n) is 24.5. The zero-order valence-corrected chi connectivity index (χ0v) is 25.3. The Labute approximate surface area is 253 Å². The Kier molecular flexibility index (Phi) is 8.86. The molecule has 10 heteroatoms. The van der Waals surface area contributed by atoms with Gasteiger partial charge < -0.3 is 24.9 Å². The molecule has 3 saturated heterocycles. The minimum Gasteiger partial charge on any atom is -0.368 e. The molecule has 4 heterocycles. The molecule has 1 aromatic heterocycles. The highest BCUT2D eigenvalue weighted by Gasteiger charge is 2.33. The number of halogens is 1. The van der Waals surface area contributed by atoms with E-state index in [-0.39, 0.29) is 11.9 Å². The molecule has 0 unspecified atom stereocenters. The third kappa shape index (κ3) is 6.52. The second-order valence-electron chi connectivity index (χ2n) is 12.1. The van der Waals surface area contributed by atoms with E-state index < -0.39 is 6.04 Å². The summed E-state index contributed by atoms with van der Waals surface area (Å²) in [7, 11) is 0. The number of urea groups is 1. The van der Waals surface area contributed by atoms with Crippen LogP contribution < -0.4 is 10.2 Å². The van der Waals surface area contributed by atoms with E-state index in [2.05, 4.69) is 37.4 Å². The summed E-state index contributed by atoms with van der Waals surface area (Å²) in [5, 5.41) is 12.1. The van der Waals surface area contributed by atoms with Gasteiger partial charge in [-0.05, 0) is 81.1 Å². The standard InChI is InChI=1S/C32H42ClN7O2/c1-23-18-24(19-25-22-34-36-30(23)25)20-29(31(41)39-12-8-27(9-13-39)37-10-3-2-4-11-37)35-32(42)40-16-14-38(15-17-40)28-7-5-6-26(33)21-28/h5-7,18-19,21-22,27,29H,2-4,8-17,20H2,1H3,(H,34,36)(H,35,42)/t29-/m1/s1. The first-order chi connectivity index (χ1) is 20.4. The molecular formula is C32H42ClN7O2. The number of aromatic amines is 1. The van der Waals surface area contributed by atoms with E-state index in [1.165, 1.54) is 32.4 Å². The molecule has 0 spiro atoms. The van der Waals surface area contributed by atoms with Crippen LogP contribution in [0.15, 0.2) is 42.6 Å². The summed E-state index contributed by atoms with van der Waals surface area (Å²) in [6.45, 7) is 8.48. The number of H-pyrrole nitrogens is 1. The van der Waals surface area contributed by atoms with Gasteiger partial charge in [0.25, 0.3) is 0 Å². The summed E-state index contributed by atoms with van der Waals surface area (Å²) in [6, 6.07) is 11.7. The Morgan fingerprint density at radius 1 is 0.976 bits per heavy atom. The molecule has 1 atom stereocenters. The number of rotatable bonds is 6. The molecule has 3 aliphatic heterocycles. The molecule has 2 N–H and O–H groups in total. The van der Waals surface area contributed by atoms with E-state index in [1.807, 2.05) is 47.2 Å². The highest BCUT2D eigenvalue weighted by atomic mass is 35.5. The number of hydrogen-bond donors (Lipinski definition) is 2. The van der Waals surface area contributed by atoms with Crippen LogP contribution in [0.1, 0.15) is 43.2 Å². The van der Waals surface area contributed by atoms with Crippen LogP contribution in [-0.4, -0.2) is 101 Å². The number of likely N-dealkylation sites (tertiary alicyclic amines) is 2. The minimum absolute atomic E-state index is 0.0166. The van der Waals surface area contributed by atoms with E-state index in [0.29, 0.717) is 43.7 Å². The van der Waals surface area contributed by atoms with Crippen LogP contribution in [-0.2, 0) is 11.2 Å². The first-order valence-electron chi connectivity index (χ1n) is 15.5. The molecule has 42 heavy (non-hydrogen) atoms. The number of hydrogen-bond acceptors (Lipinski definition) is 5. The van der Waals surface area contributed by atoms with Crippen LogP contribution in [0, 0.1) is 6.92 Å². The number of benzene rings is 2. The van der Waals surface area contributed by atoms with Gasteiger partial charge in [-0.2, -0.15) is 5.10 Å². The Morgan fingerprint density at radius 3 is 2.48 bits per heavy atom. The fourth-order valence-corrected chi connectivity index (χ4v) is 7.09. The summed E-state index contributed by atoms with van der Waals surface area (Å²) in [6.07, 6.45) is 8.14. The number of amides is 3. The number of fused-ring (bicyclic) bond motifs is 1. The second-order valence-corrected chi connectivity index (χ2v) is 12.5. The van der Waals surface area contributed by atoms with Gasteiger partial charge in [-0.25, -0.2) is 4.79 Å². The molecule has 0 bridgehead atoms. The third-order valence-corrected chi connectivity index (χ3v) is 9.50. The SMILES string of the molecule is Cc1cc(C[C@@H](NC(=O)N2CCN(c3cccc(Cl)c3)CC2)C(=O)N2CCC(N3CCCCC3)CC2)cc2cn[nH]c12. The minimum atomic E-state index is -0.626. The third-order valence-electron chi connectivity index (χ3n) is 9.26. The number of carbonyl (C=O) groups excluding carboxylic acids is 2. The average Bonchev–Trinajstić information content (AvgIpc) is 3.50. The number of anilines is 1. The molecule has 2 aromatic carbocycles. The Balaban J connectivity index is 1.13. The normalized spacial score (nSPS) is 19.7. The topological polar surface area (TPSA) is 87.8 Å². The predicted molar refractivity (Wildman–Crippen MR) is 167 cm³/mol. The average molecular weight is 592 g/mol. The maximum absolute atomic E-state index is 14.0. The van der Waals surface area contributed by atoms with Gasteiger partial charge in [0.2, 0.25) is 5.91 Å². The number of nitrogens with zero attached hydrogens (tertiary/aromatic N) is 5. The number of piperidine rings is 2. The van der Waals surface area contributed by atoms with Gasteiger partial charge in [-0.15, -0.1) is 0 Å². The summed E-state index contributed by atoms with van der Waals surface area (Å²) in [4.78, 5) is 36.2. The van der Waals surface area contributed by atoms with Crippen molar-refractivity contribution >= 4 is 40.1 Å². The number of aryl methyl sites for hydroxylation is 1. The summed E-state index contributed by atoms with van der Waals surface area (Å²) in [5.41, 5.74) is 4.17. The van der Waals surface area contributed by atoms with Crippen LogP contribution >= 0.6 is 11.6 Å². The number of piperazine rings is 1. The molecule has 0 aliphatic carbocycles. The molecule has 3 fully saturated rings. The van der Waals surface area contributed by atoms with Gasteiger partial charge in [-0.1, -0.05) is 30.2 Å². The number of aromatic nitrogens is 2. The van der Waals surface area contributed by atoms with Gasteiger partial charge in [0.15, 0.2) is 0 Å². The fraction of sp³-hybridized carbons (Fsp3) is 0.531. The van der Waals surface area contributed by atoms with Crippen LogP contribution in [0.4, 0.5) is 10.5 Å². The lowest BCUT2D eigenvalue weighted by Crippen LogP contribution is -2.58. The van der Waals surface area contributed by atoms with Crippen LogP contribution in [0.25, 0.3) is 10.9 Å². The maximum Gasteiger partial charge on any atom is 0.318 e. The highest BCUT2D eigenvalue weighted by Crippen LogP contribution is 2.24. The van der Waals surface area contributed by atoms with Gasteiger partial charge in [0, 0.05) is 67.8 Å². The fourth-order valence-electron chi connectivity index (χ4n) is 6.90. The van der Waals surface area contributed by atoms with Crippen LogP contribution in [0.5, 0.6) is 0 Å². The van der Waals surface area contributed by atoms with Gasteiger partial charge in [-0.3, -0.25) is 9.89 Å². The molecule has 9 nitrogen and oxygen atoms in total. The predicted octanol–water partition coefficient (Wildman–Crippen LogP) is 4.44. The molecular weight excluding hydrogens is 550 g/mol. The lowest BCUT2D eigenvalue weighted by Gasteiger charge is -2.41. The van der Waals surface area contributed by atoms with Crippen molar-refractivity contribution in [2.45, 2.75) is 57.5 Å². The Hall–Kier alpha value is -3.30. The van der Waals surface area contributed by atoms with Crippen molar-refractivity contribution in [3.8, 4) is 0 Å². The van der Waals surface area contributed by atoms with Gasteiger partial charge in [0.1, 0.15) is 6.04 Å². The molecule has 3 amide bonds. The molecule has 224 valence electrons. The first-order valence-corrected chi connectivity index (χ1v) is 15.8. The van der Waals surface area contributed by atoms with Crippen molar-refractivity contribution in [2.24, 2.45) is 0 Å². The lowest BCUT2D eigenvalue weighted by molar-refractivity contribution is -0.134. The van der Waals surface area contributed by atoms with E-state index in [9.17, 15) is 9.59 Å². The van der Waals surface area contributed by atoms with Gasteiger partial charge in [0.05, 0.1) is 11.7 Å². The smallest absolute Gasteiger partial charge is 0.318 e. The van der Waals surface area contributed by atoms with E-state index in [0.717, 1.165) is 53.6 Å². The molecule has 0 radical (unpaired) electrons. The van der Waals surface area contributed by atoms with Crippen molar-refractivity contribution in [2.75, 3.05) is 57.3 Å². The molecule has 3 aromatic rings. The lowest BCUT2D eigenvalue weighted by atomic mass is 9.97. The molecule has 3 aliphatic rings. The molecule has 6 rings (SSSR count). The van der Waals surface area contributed by atoms with Crippen molar-refractivity contribution in [1.29, 1.82) is 0 Å². The Morgan fingerprint density at radius 2 is 1.74 bits per heavy atom. The van der Waals surface area contributed by atoms with E-state index >= 15 is 0 Å². The highest BCUT2D eigenvalue weighted by molar-refractivity contribution is 6.30. The van der Waals surface area contributed by atoms with E-state index in [4.69, 9.17) is 11.6 Å². The zero-order chi connectivity index (χ0) is 29.1. The second kappa shape index (κ2) is 12.9. The maximum atomic E-state index is 14.0. The van der Waals surface area contributed by atoms with Crippen molar-refractivity contribution in [3.63, 3.8) is 0 Å². The quantitative estimate of drug-likeness (QED) is 0.442. The number of nitrogens with one attached hydrogen (secondary N) is 2. The van der Waals surface area contributed by atoms with Crippen molar-refractivity contribution in [3.05, 3.63) is 58.7 Å². The summed E-state index contributed by atoms with van der Waals surface area (Å²) in [5.74, 6) is 0.0166. The van der Waals surface area contributed by atoms with Gasteiger partial charge >= 0.3 is 6.03 Å². The number of carbonyl (C=O) groups is 2.